The summed E-state index contributed by atoms with van der Waals surface area (Å²) in [5.74, 6) is 0.481. The molecule has 2 heterocycles. The first-order chi connectivity index (χ1) is 12.1. The van der Waals surface area contributed by atoms with Crippen molar-refractivity contribution in [3.63, 3.8) is 0 Å². The number of furan rings is 1. The fraction of sp³-hybridized carbons (Fsp3) is 0.0556. The summed E-state index contributed by atoms with van der Waals surface area (Å²) in [5.41, 5.74) is 1.44. The lowest BCUT2D eigenvalue weighted by atomic mass is 10.1. The minimum Gasteiger partial charge on any atom is -0.493 e. The number of hydrogen-bond donors (Lipinski definition) is 1. The summed E-state index contributed by atoms with van der Waals surface area (Å²) in [7, 11) is -2.30. The van der Waals surface area contributed by atoms with Gasteiger partial charge >= 0.3 is 0 Å². The highest BCUT2D eigenvalue weighted by Gasteiger charge is 2.23. The van der Waals surface area contributed by atoms with Crippen molar-refractivity contribution < 1.29 is 17.6 Å². The number of hydrogen-bond acceptors (Lipinski definition) is 5. The molecule has 2 aromatic carbocycles. The number of pyridine rings is 1. The molecule has 0 radical (unpaired) electrons. The van der Waals surface area contributed by atoms with Crippen LogP contribution in [0.15, 0.2) is 70.2 Å². The number of para-hydroxylation sites is 1. The minimum atomic E-state index is -3.82. The molecule has 0 saturated carbocycles. The van der Waals surface area contributed by atoms with Crippen molar-refractivity contribution in [2.24, 2.45) is 0 Å². The molecule has 1 N–H and O–H groups in total. The van der Waals surface area contributed by atoms with Gasteiger partial charge in [0.25, 0.3) is 10.0 Å². The van der Waals surface area contributed by atoms with Crippen molar-refractivity contribution in [1.82, 2.24) is 4.98 Å². The lowest BCUT2D eigenvalue weighted by molar-refractivity contribution is 0.411. The maximum Gasteiger partial charge on any atom is 0.262 e. The number of fused-ring (bicyclic) bond motifs is 3. The van der Waals surface area contributed by atoms with Gasteiger partial charge in [-0.1, -0.05) is 18.2 Å². The Morgan fingerprint density at radius 3 is 2.56 bits per heavy atom. The normalized spacial score (nSPS) is 11.7. The smallest absolute Gasteiger partial charge is 0.262 e. The van der Waals surface area contributed by atoms with Crippen LogP contribution in [0.4, 0.5) is 5.69 Å². The lowest BCUT2D eigenvalue weighted by Crippen LogP contribution is -2.13. The molecule has 25 heavy (non-hydrogen) atoms. The van der Waals surface area contributed by atoms with Crippen molar-refractivity contribution in [3.8, 4) is 5.75 Å². The summed E-state index contributed by atoms with van der Waals surface area (Å²) >= 11 is 0. The zero-order valence-corrected chi connectivity index (χ0v) is 14.1. The molecule has 7 heteroatoms. The number of ether oxygens (including phenoxy) is 1. The first-order valence-electron chi connectivity index (χ1n) is 7.51. The average Bonchev–Trinajstić information content (AvgIpc) is 3.01. The van der Waals surface area contributed by atoms with Gasteiger partial charge in [-0.15, -0.1) is 0 Å². The molecule has 6 nitrogen and oxygen atoms in total. The molecule has 2 aromatic heterocycles. The van der Waals surface area contributed by atoms with Gasteiger partial charge in [0, 0.05) is 17.8 Å². The first kappa shape index (κ1) is 15.5. The summed E-state index contributed by atoms with van der Waals surface area (Å²) in [6.07, 6.45) is 3.05. The SMILES string of the molecule is COc1ccc(S(=O)(=O)Nc2ccncc2)c2c1oc1ccccc12. The van der Waals surface area contributed by atoms with Crippen LogP contribution < -0.4 is 9.46 Å². The van der Waals surface area contributed by atoms with Gasteiger partial charge in [0.15, 0.2) is 11.3 Å². The van der Waals surface area contributed by atoms with E-state index in [-0.39, 0.29) is 4.90 Å². The number of methoxy groups -OCH3 is 1. The van der Waals surface area contributed by atoms with E-state index in [2.05, 4.69) is 9.71 Å². The van der Waals surface area contributed by atoms with E-state index in [1.807, 2.05) is 18.2 Å². The summed E-state index contributed by atoms with van der Waals surface area (Å²) in [6, 6.07) is 13.6. The van der Waals surface area contributed by atoms with Gasteiger partial charge in [0.1, 0.15) is 5.58 Å². The molecule has 0 fully saturated rings. The second-order valence-electron chi connectivity index (χ2n) is 5.41. The van der Waals surface area contributed by atoms with Crippen molar-refractivity contribution in [2.75, 3.05) is 11.8 Å². The molecular weight excluding hydrogens is 340 g/mol. The molecule has 0 spiro atoms. The standard InChI is InChI=1S/C18H14N2O4S/c1-23-15-6-7-16(25(21,22)20-12-8-10-19-11-9-12)17-13-4-2-3-5-14(13)24-18(15)17/h2-11H,1H3,(H,19,20). The van der Waals surface area contributed by atoms with E-state index < -0.39 is 10.0 Å². The molecule has 4 rings (SSSR count). The van der Waals surface area contributed by atoms with Crippen LogP contribution in [0.3, 0.4) is 0 Å². The molecule has 0 aliphatic rings. The quantitative estimate of drug-likeness (QED) is 0.603. The second kappa shape index (κ2) is 5.78. The van der Waals surface area contributed by atoms with Crippen molar-refractivity contribution in [3.05, 3.63) is 60.9 Å². The Bertz CT molecular complexity index is 1170. The van der Waals surface area contributed by atoms with Crippen LogP contribution in [0.1, 0.15) is 0 Å². The Balaban J connectivity index is 1.98. The number of sulfonamides is 1. The summed E-state index contributed by atoms with van der Waals surface area (Å²) < 4.78 is 39.6. The van der Waals surface area contributed by atoms with Gasteiger partial charge in [-0.3, -0.25) is 9.71 Å². The van der Waals surface area contributed by atoms with Crippen LogP contribution in [-0.2, 0) is 10.0 Å². The molecule has 126 valence electrons. The van der Waals surface area contributed by atoms with Crippen LogP contribution in [-0.4, -0.2) is 20.5 Å². The highest BCUT2D eigenvalue weighted by molar-refractivity contribution is 7.93. The average molecular weight is 354 g/mol. The van der Waals surface area contributed by atoms with Crippen molar-refractivity contribution in [2.45, 2.75) is 4.90 Å². The first-order valence-corrected chi connectivity index (χ1v) is 8.99. The fourth-order valence-corrected chi connectivity index (χ4v) is 4.06. The molecular formula is C18H14N2O4S. The predicted octanol–water partition coefficient (Wildman–Crippen LogP) is 3.79. The Morgan fingerprint density at radius 2 is 1.80 bits per heavy atom. The second-order valence-corrected chi connectivity index (χ2v) is 7.06. The minimum absolute atomic E-state index is 0.130. The van der Waals surface area contributed by atoms with Gasteiger partial charge in [-0.25, -0.2) is 8.42 Å². The fourth-order valence-electron chi connectivity index (χ4n) is 2.79. The predicted molar refractivity (Wildman–Crippen MR) is 95.3 cm³/mol. The third-order valence-corrected chi connectivity index (χ3v) is 5.32. The van der Waals surface area contributed by atoms with E-state index in [0.717, 1.165) is 0 Å². The Labute approximate surface area is 144 Å². The highest BCUT2D eigenvalue weighted by atomic mass is 32.2. The zero-order chi connectivity index (χ0) is 17.4. The third-order valence-electron chi connectivity index (χ3n) is 3.89. The van der Waals surface area contributed by atoms with Crippen LogP contribution in [0.25, 0.3) is 21.9 Å². The van der Waals surface area contributed by atoms with E-state index >= 15 is 0 Å². The van der Waals surface area contributed by atoms with Gasteiger partial charge in [-0.05, 0) is 30.3 Å². The molecule has 4 aromatic rings. The summed E-state index contributed by atoms with van der Waals surface area (Å²) in [4.78, 5) is 4.02. The summed E-state index contributed by atoms with van der Waals surface area (Å²) in [5, 5.41) is 1.21. The van der Waals surface area contributed by atoms with Gasteiger partial charge in [0.05, 0.1) is 23.1 Å². The van der Waals surface area contributed by atoms with E-state index in [1.165, 1.54) is 25.6 Å². The Morgan fingerprint density at radius 1 is 1.04 bits per heavy atom. The van der Waals surface area contributed by atoms with Gasteiger partial charge in [0.2, 0.25) is 0 Å². The summed E-state index contributed by atoms with van der Waals surface area (Å²) in [6.45, 7) is 0. The van der Waals surface area contributed by atoms with Crippen LogP contribution in [0.5, 0.6) is 5.75 Å². The van der Waals surface area contributed by atoms with Crippen molar-refractivity contribution in [1.29, 1.82) is 0 Å². The third kappa shape index (κ3) is 2.58. The number of aromatic nitrogens is 1. The number of nitrogens with one attached hydrogen (secondary N) is 1. The van der Waals surface area contributed by atoms with Crippen LogP contribution in [0.2, 0.25) is 0 Å². The topological polar surface area (TPSA) is 81.4 Å². The molecule has 0 atom stereocenters. The maximum atomic E-state index is 12.9. The molecule has 0 bridgehead atoms. The largest absolute Gasteiger partial charge is 0.493 e. The van der Waals surface area contributed by atoms with Crippen LogP contribution in [0, 0.1) is 0 Å². The highest BCUT2D eigenvalue weighted by Crippen LogP contribution is 2.39. The van der Waals surface area contributed by atoms with E-state index in [1.54, 1.807) is 24.3 Å². The number of nitrogens with zero attached hydrogens (tertiary/aromatic N) is 1. The van der Waals surface area contributed by atoms with Crippen molar-refractivity contribution >= 4 is 37.6 Å². The van der Waals surface area contributed by atoms with Gasteiger partial charge < -0.3 is 9.15 Å². The Kier molecular flexibility index (Phi) is 3.58. The van der Waals surface area contributed by atoms with Crippen LogP contribution >= 0.6 is 0 Å². The lowest BCUT2D eigenvalue weighted by Gasteiger charge is -2.10. The van der Waals surface area contributed by atoms with Gasteiger partial charge in [-0.2, -0.15) is 0 Å². The molecule has 0 amide bonds. The number of benzene rings is 2. The van der Waals surface area contributed by atoms with E-state index in [4.69, 9.17) is 9.15 Å². The molecule has 0 aliphatic heterocycles. The maximum absolute atomic E-state index is 12.9. The monoisotopic (exact) mass is 354 g/mol. The molecule has 0 saturated heterocycles. The number of anilines is 1. The zero-order valence-electron chi connectivity index (χ0n) is 13.3. The molecule has 0 aliphatic carbocycles. The molecule has 0 unspecified atom stereocenters. The van der Waals surface area contributed by atoms with E-state index in [9.17, 15) is 8.42 Å². The number of rotatable bonds is 4. The van der Waals surface area contributed by atoms with E-state index in [0.29, 0.717) is 33.4 Å². The Hall–Kier alpha value is -3.06.